The molecule has 0 saturated heterocycles. The highest BCUT2D eigenvalue weighted by Gasteiger charge is 2.23. The number of pyridine rings is 2. The molecule has 2 nitrogen and oxygen atoms in total. The Balaban J connectivity index is 2.21. The first-order valence-corrected chi connectivity index (χ1v) is 8.42. The summed E-state index contributed by atoms with van der Waals surface area (Å²) in [6.07, 6.45) is 2.20. The SMILES string of the molecule is Cc1ccc(-c2cccc(-c3cc(C)c(C)c[n+]3C)[n+]2C)c(C)c1. The Hall–Kier alpha value is -2.48. The molecule has 0 aliphatic carbocycles. The minimum absolute atomic E-state index is 1.22. The highest BCUT2D eigenvalue weighted by Crippen LogP contribution is 2.23. The zero-order valence-electron chi connectivity index (χ0n) is 15.5. The lowest BCUT2D eigenvalue weighted by molar-refractivity contribution is -0.685. The van der Waals surface area contributed by atoms with Gasteiger partial charge in [0, 0.05) is 29.3 Å². The zero-order valence-corrected chi connectivity index (χ0v) is 15.5. The lowest BCUT2D eigenvalue weighted by atomic mass is 10.0. The van der Waals surface area contributed by atoms with Crippen molar-refractivity contribution in [1.82, 2.24) is 0 Å². The van der Waals surface area contributed by atoms with E-state index in [4.69, 9.17) is 0 Å². The lowest BCUT2D eigenvalue weighted by Gasteiger charge is -2.08. The summed E-state index contributed by atoms with van der Waals surface area (Å²) in [6.45, 7) is 8.66. The standard InChI is InChI=1S/C22H26N2/c1-15-10-11-19(17(3)12-15)20-8-7-9-21(24(20)6)22-13-16(2)18(4)14-23(22)5/h7-14H,1-6H3/q+2. The maximum absolute atomic E-state index is 2.29. The first-order valence-electron chi connectivity index (χ1n) is 8.42. The summed E-state index contributed by atoms with van der Waals surface area (Å²) >= 11 is 0. The van der Waals surface area contributed by atoms with Gasteiger partial charge >= 0.3 is 0 Å². The highest BCUT2D eigenvalue weighted by atomic mass is 15.0. The zero-order chi connectivity index (χ0) is 17.4. The molecule has 0 saturated carbocycles. The van der Waals surface area contributed by atoms with Crippen molar-refractivity contribution < 1.29 is 9.13 Å². The van der Waals surface area contributed by atoms with Crippen molar-refractivity contribution >= 4 is 0 Å². The molecule has 0 radical (unpaired) electrons. The molecule has 24 heavy (non-hydrogen) atoms. The number of hydrogen-bond donors (Lipinski definition) is 0. The van der Waals surface area contributed by atoms with Crippen LogP contribution in [0, 0.1) is 27.7 Å². The third-order valence-corrected chi connectivity index (χ3v) is 4.89. The van der Waals surface area contributed by atoms with Gasteiger partial charge in [0.2, 0.25) is 5.69 Å². The Bertz CT molecular complexity index is 923. The van der Waals surface area contributed by atoms with E-state index in [-0.39, 0.29) is 0 Å². The molecule has 0 aliphatic heterocycles. The maximum atomic E-state index is 2.29. The summed E-state index contributed by atoms with van der Waals surface area (Å²) in [6, 6.07) is 15.5. The predicted octanol–water partition coefficient (Wildman–Crippen LogP) is 3.90. The molecule has 2 heterocycles. The van der Waals surface area contributed by atoms with Gasteiger partial charge < -0.3 is 0 Å². The van der Waals surface area contributed by atoms with Crippen molar-refractivity contribution in [2.45, 2.75) is 27.7 Å². The molecule has 0 fully saturated rings. The van der Waals surface area contributed by atoms with Gasteiger partial charge in [-0.05, 0) is 51.0 Å². The van der Waals surface area contributed by atoms with Gasteiger partial charge in [-0.2, -0.15) is 9.13 Å². The van der Waals surface area contributed by atoms with Gasteiger partial charge in [0.25, 0.3) is 11.4 Å². The molecule has 0 bridgehead atoms. The molecule has 0 atom stereocenters. The van der Waals surface area contributed by atoms with Crippen LogP contribution in [0.1, 0.15) is 22.3 Å². The molecule has 1 aromatic carbocycles. The Kier molecular flexibility index (Phi) is 4.23. The third-order valence-electron chi connectivity index (χ3n) is 4.89. The molecule has 0 unspecified atom stereocenters. The van der Waals surface area contributed by atoms with E-state index in [1.807, 2.05) is 0 Å². The van der Waals surface area contributed by atoms with E-state index >= 15 is 0 Å². The minimum atomic E-state index is 1.22. The molecule has 2 aromatic heterocycles. The van der Waals surface area contributed by atoms with E-state index in [0.29, 0.717) is 0 Å². The van der Waals surface area contributed by atoms with Crippen LogP contribution in [0.15, 0.2) is 48.7 Å². The quantitative estimate of drug-likeness (QED) is 0.633. The molecule has 3 rings (SSSR count). The highest BCUT2D eigenvalue weighted by molar-refractivity contribution is 5.63. The van der Waals surface area contributed by atoms with Crippen LogP contribution in [-0.4, -0.2) is 0 Å². The Morgan fingerprint density at radius 3 is 2.08 bits per heavy atom. The summed E-state index contributed by atoms with van der Waals surface area (Å²) in [7, 11) is 4.27. The average molecular weight is 318 g/mol. The predicted molar refractivity (Wildman–Crippen MR) is 98.6 cm³/mol. The van der Waals surface area contributed by atoms with Crippen LogP contribution in [0.5, 0.6) is 0 Å². The van der Waals surface area contributed by atoms with Crippen LogP contribution in [-0.2, 0) is 14.1 Å². The van der Waals surface area contributed by atoms with E-state index in [2.05, 4.69) is 99.6 Å². The van der Waals surface area contributed by atoms with Crippen molar-refractivity contribution in [3.8, 4) is 22.6 Å². The van der Waals surface area contributed by atoms with Gasteiger partial charge in [0.15, 0.2) is 6.20 Å². The summed E-state index contributed by atoms with van der Waals surface area (Å²) in [5.41, 5.74) is 10.2. The minimum Gasteiger partial charge on any atom is -0.196 e. The van der Waals surface area contributed by atoms with Gasteiger partial charge in [0.1, 0.15) is 14.1 Å². The topological polar surface area (TPSA) is 7.76 Å². The number of nitrogens with zero attached hydrogens (tertiary/aromatic N) is 2. The van der Waals surface area contributed by atoms with Crippen molar-refractivity contribution in [2.75, 3.05) is 0 Å². The molecule has 122 valence electrons. The van der Waals surface area contributed by atoms with Crippen molar-refractivity contribution in [1.29, 1.82) is 0 Å². The van der Waals surface area contributed by atoms with Crippen LogP contribution >= 0.6 is 0 Å². The van der Waals surface area contributed by atoms with Crippen molar-refractivity contribution in [3.05, 3.63) is 70.9 Å². The van der Waals surface area contributed by atoms with Crippen LogP contribution in [0.3, 0.4) is 0 Å². The summed E-state index contributed by atoms with van der Waals surface area (Å²) in [4.78, 5) is 0. The van der Waals surface area contributed by atoms with Crippen molar-refractivity contribution in [2.24, 2.45) is 14.1 Å². The molecule has 0 amide bonds. The number of aromatic nitrogens is 2. The number of benzene rings is 1. The van der Waals surface area contributed by atoms with Crippen molar-refractivity contribution in [3.63, 3.8) is 0 Å². The first kappa shape index (κ1) is 16.4. The number of rotatable bonds is 2. The van der Waals surface area contributed by atoms with Crippen LogP contribution in [0.2, 0.25) is 0 Å². The summed E-state index contributed by atoms with van der Waals surface area (Å²) < 4.78 is 4.51. The van der Waals surface area contributed by atoms with Gasteiger partial charge in [0.05, 0.1) is 0 Å². The second kappa shape index (κ2) is 6.20. The lowest BCUT2D eigenvalue weighted by Crippen LogP contribution is -2.40. The molecule has 3 aromatic rings. The molecule has 0 aliphatic rings. The van der Waals surface area contributed by atoms with E-state index in [9.17, 15) is 0 Å². The third kappa shape index (κ3) is 2.84. The molecule has 0 spiro atoms. The Morgan fingerprint density at radius 1 is 0.667 bits per heavy atom. The molecular weight excluding hydrogens is 292 g/mol. The normalized spacial score (nSPS) is 10.9. The maximum Gasteiger partial charge on any atom is 0.277 e. The van der Waals surface area contributed by atoms with Gasteiger partial charge in [-0.1, -0.05) is 17.7 Å². The monoisotopic (exact) mass is 318 g/mol. The second-order valence-corrected chi connectivity index (χ2v) is 6.81. The van der Waals surface area contributed by atoms with Gasteiger partial charge in [-0.15, -0.1) is 0 Å². The molecule has 2 heteroatoms. The fourth-order valence-corrected chi connectivity index (χ4v) is 3.35. The van der Waals surface area contributed by atoms with Gasteiger partial charge in [-0.3, -0.25) is 0 Å². The van der Waals surface area contributed by atoms with Crippen LogP contribution in [0.25, 0.3) is 22.6 Å². The smallest absolute Gasteiger partial charge is 0.196 e. The fourth-order valence-electron chi connectivity index (χ4n) is 3.35. The largest absolute Gasteiger partial charge is 0.277 e. The fraction of sp³-hybridized carbons (Fsp3) is 0.273. The number of aryl methyl sites for hydroxylation is 5. The summed E-state index contributed by atoms with van der Waals surface area (Å²) in [5.74, 6) is 0. The Morgan fingerprint density at radius 2 is 1.38 bits per heavy atom. The molecular formula is C22H26N2+2. The number of hydrogen-bond acceptors (Lipinski definition) is 0. The van der Waals surface area contributed by atoms with Crippen LogP contribution < -0.4 is 9.13 Å². The van der Waals surface area contributed by atoms with E-state index in [1.165, 1.54) is 44.9 Å². The second-order valence-electron chi connectivity index (χ2n) is 6.81. The summed E-state index contributed by atoms with van der Waals surface area (Å²) in [5, 5.41) is 0. The average Bonchev–Trinajstić information content (AvgIpc) is 2.52. The van der Waals surface area contributed by atoms with E-state index in [1.54, 1.807) is 0 Å². The van der Waals surface area contributed by atoms with Gasteiger partial charge in [-0.25, -0.2) is 0 Å². The molecule has 0 N–H and O–H groups in total. The Labute approximate surface area is 145 Å². The first-order chi connectivity index (χ1) is 11.4. The van der Waals surface area contributed by atoms with Crippen LogP contribution in [0.4, 0.5) is 0 Å². The van der Waals surface area contributed by atoms with E-state index < -0.39 is 0 Å². The van der Waals surface area contributed by atoms with E-state index in [0.717, 1.165) is 0 Å².